The lowest BCUT2D eigenvalue weighted by molar-refractivity contribution is -0.135. The molecule has 0 amide bonds. The van der Waals surface area contributed by atoms with Gasteiger partial charge in [0.15, 0.2) is 11.6 Å². The highest BCUT2D eigenvalue weighted by Crippen LogP contribution is 2.62. The number of hydrogen-bond donors (Lipinski definition) is 0. The van der Waals surface area contributed by atoms with E-state index < -0.39 is 0 Å². The Morgan fingerprint density at radius 3 is 2.64 bits per heavy atom. The van der Waals surface area contributed by atoms with Crippen molar-refractivity contribution in [1.82, 2.24) is 0 Å². The largest absolute Gasteiger partial charge is 0.299 e. The molecule has 3 fully saturated rings. The quantitative estimate of drug-likeness (QED) is 0.690. The Labute approximate surface area is 130 Å². The van der Waals surface area contributed by atoms with Crippen molar-refractivity contribution in [2.75, 3.05) is 0 Å². The van der Waals surface area contributed by atoms with Crippen molar-refractivity contribution in [2.24, 2.45) is 28.6 Å². The Bertz CT molecular complexity index is 656. The minimum absolute atomic E-state index is 0.0732. The predicted octanol–water partition coefficient (Wildman–Crippen LogP) is 3.04. The van der Waals surface area contributed by atoms with Gasteiger partial charge in [-0.3, -0.25) is 14.4 Å². The molecule has 0 aromatic heterocycles. The number of carbonyl (C=O) groups is 3. The Balaban J connectivity index is 1.78. The van der Waals surface area contributed by atoms with E-state index in [1.165, 1.54) is 0 Å². The van der Waals surface area contributed by atoms with Crippen LogP contribution in [0.5, 0.6) is 0 Å². The van der Waals surface area contributed by atoms with Crippen LogP contribution in [0.3, 0.4) is 0 Å². The van der Waals surface area contributed by atoms with Gasteiger partial charge in [0.05, 0.1) is 0 Å². The summed E-state index contributed by atoms with van der Waals surface area (Å²) in [6.07, 6.45) is 9.14. The lowest BCUT2D eigenvalue weighted by Crippen LogP contribution is -2.52. The molecule has 3 saturated carbocycles. The van der Waals surface area contributed by atoms with Gasteiger partial charge in [-0.05, 0) is 49.2 Å². The van der Waals surface area contributed by atoms with Gasteiger partial charge in [-0.1, -0.05) is 19.9 Å². The summed E-state index contributed by atoms with van der Waals surface area (Å²) >= 11 is 0. The summed E-state index contributed by atoms with van der Waals surface area (Å²) in [7, 11) is 0. The fourth-order valence-corrected chi connectivity index (χ4v) is 5.81. The van der Waals surface area contributed by atoms with E-state index in [1.54, 1.807) is 12.2 Å². The van der Waals surface area contributed by atoms with Gasteiger partial charge in [-0.25, -0.2) is 0 Å². The SMILES string of the molecule is C[C@@]12C=CC(=O)C=C1C(=O)C[C@H]1[C@H]2CC[C@]2(C)C(=O)CC[C@H]12. The van der Waals surface area contributed by atoms with Crippen LogP contribution < -0.4 is 0 Å². The number of Topliss-reactive ketones (excluding diaryl/α,β-unsaturated/α-hetero) is 2. The Kier molecular flexibility index (Phi) is 2.74. The molecule has 4 rings (SSSR count). The van der Waals surface area contributed by atoms with E-state index in [1.807, 2.05) is 6.08 Å². The van der Waals surface area contributed by atoms with E-state index in [0.717, 1.165) is 19.3 Å². The molecule has 22 heavy (non-hydrogen) atoms. The zero-order chi connectivity index (χ0) is 15.7. The number of hydrogen-bond acceptors (Lipinski definition) is 3. The van der Waals surface area contributed by atoms with E-state index in [9.17, 15) is 14.4 Å². The van der Waals surface area contributed by atoms with Gasteiger partial charge >= 0.3 is 0 Å². The summed E-state index contributed by atoms with van der Waals surface area (Å²) in [5.74, 6) is 1.44. The predicted molar refractivity (Wildman–Crippen MR) is 82.0 cm³/mol. The van der Waals surface area contributed by atoms with Crippen LogP contribution in [0.25, 0.3) is 0 Å². The van der Waals surface area contributed by atoms with Crippen molar-refractivity contribution in [3.8, 4) is 0 Å². The van der Waals surface area contributed by atoms with Gasteiger partial charge in [-0.2, -0.15) is 0 Å². The molecule has 3 heteroatoms. The maximum atomic E-state index is 12.7. The van der Waals surface area contributed by atoms with E-state index in [-0.39, 0.29) is 28.3 Å². The Hall–Kier alpha value is -1.51. The minimum Gasteiger partial charge on any atom is -0.299 e. The second-order valence-electron chi connectivity index (χ2n) is 8.00. The molecule has 0 unspecified atom stereocenters. The summed E-state index contributed by atoms with van der Waals surface area (Å²) in [6.45, 7) is 4.22. The Morgan fingerprint density at radius 1 is 1.09 bits per heavy atom. The molecule has 0 saturated heterocycles. The first-order valence-corrected chi connectivity index (χ1v) is 8.38. The van der Waals surface area contributed by atoms with Gasteiger partial charge < -0.3 is 0 Å². The van der Waals surface area contributed by atoms with E-state index in [4.69, 9.17) is 0 Å². The van der Waals surface area contributed by atoms with Gasteiger partial charge in [0, 0.05) is 29.2 Å². The fourth-order valence-electron chi connectivity index (χ4n) is 5.81. The average molecular weight is 298 g/mol. The minimum atomic E-state index is -0.319. The smallest absolute Gasteiger partial charge is 0.178 e. The second kappa shape index (κ2) is 4.27. The van der Waals surface area contributed by atoms with Crippen molar-refractivity contribution in [2.45, 2.75) is 46.0 Å². The zero-order valence-corrected chi connectivity index (χ0v) is 13.2. The molecule has 0 spiro atoms. The summed E-state index contributed by atoms with van der Waals surface area (Å²) < 4.78 is 0. The van der Waals surface area contributed by atoms with Crippen LogP contribution in [0, 0.1) is 28.6 Å². The van der Waals surface area contributed by atoms with Crippen LogP contribution in [-0.2, 0) is 14.4 Å². The number of carbonyl (C=O) groups excluding carboxylic acids is 3. The molecule has 0 N–H and O–H groups in total. The first kappa shape index (κ1) is 14.1. The molecule has 116 valence electrons. The molecule has 0 aromatic carbocycles. The van der Waals surface area contributed by atoms with Crippen molar-refractivity contribution in [1.29, 1.82) is 0 Å². The molecule has 0 radical (unpaired) electrons. The molecule has 0 aliphatic heterocycles. The maximum Gasteiger partial charge on any atom is 0.178 e. The maximum absolute atomic E-state index is 12.7. The third-order valence-electron chi connectivity index (χ3n) is 7.10. The highest BCUT2D eigenvalue weighted by atomic mass is 16.1. The van der Waals surface area contributed by atoms with Crippen molar-refractivity contribution >= 4 is 17.3 Å². The second-order valence-corrected chi connectivity index (χ2v) is 8.00. The van der Waals surface area contributed by atoms with Crippen molar-refractivity contribution in [3.63, 3.8) is 0 Å². The monoisotopic (exact) mass is 298 g/mol. The van der Waals surface area contributed by atoms with E-state index >= 15 is 0 Å². The van der Waals surface area contributed by atoms with Crippen LogP contribution in [0.15, 0.2) is 23.8 Å². The van der Waals surface area contributed by atoms with Crippen molar-refractivity contribution in [3.05, 3.63) is 23.8 Å². The molecule has 5 atom stereocenters. The van der Waals surface area contributed by atoms with E-state index in [0.29, 0.717) is 36.0 Å². The first-order valence-electron chi connectivity index (χ1n) is 8.38. The van der Waals surface area contributed by atoms with Gasteiger partial charge in [0.1, 0.15) is 5.78 Å². The third-order valence-corrected chi connectivity index (χ3v) is 7.10. The molecule has 0 aromatic rings. The van der Waals surface area contributed by atoms with Crippen LogP contribution in [0.2, 0.25) is 0 Å². The number of ketones is 3. The zero-order valence-electron chi connectivity index (χ0n) is 13.2. The summed E-state index contributed by atoms with van der Waals surface area (Å²) in [4.78, 5) is 36.7. The van der Waals surface area contributed by atoms with Crippen LogP contribution >= 0.6 is 0 Å². The molecule has 0 bridgehead atoms. The molecule has 4 aliphatic rings. The molecule has 3 nitrogen and oxygen atoms in total. The van der Waals surface area contributed by atoms with E-state index in [2.05, 4.69) is 13.8 Å². The molecular weight excluding hydrogens is 276 g/mol. The standard InChI is InChI=1S/C19H22O3/c1-18-7-5-11(20)9-15(18)16(21)10-12-13-3-4-17(22)19(13,2)8-6-14(12)18/h5,7,9,12-14H,3-4,6,8,10H2,1-2H3/t12-,13-,14-,18+,19+/m1/s1. The summed E-state index contributed by atoms with van der Waals surface area (Å²) in [5, 5.41) is 0. The van der Waals surface area contributed by atoms with Crippen LogP contribution in [0.4, 0.5) is 0 Å². The molecule has 0 heterocycles. The number of allylic oxidation sites excluding steroid dienone is 4. The topological polar surface area (TPSA) is 51.2 Å². The summed E-state index contributed by atoms with van der Waals surface area (Å²) in [5.41, 5.74) is 0.169. The highest BCUT2D eigenvalue weighted by molar-refractivity contribution is 6.10. The van der Waals surface area contributed by atoms with Crippen LogP contribution in [0.1, 0.15) is 46.0 Å². The van der Waals surface area contributed by atoms with Gasteiger partial charge in [-0.15, -0.1) is 0 Å². The number of rotatable bonds is 0. The van der Waals surface area contributed by atoms with Crippen molar-refractivity contribution < 1.29 is 14.4 Å². The molecular formula is C19H22O3. The lowest BCUT2D eigenvalue weighted by atomic mass is 9.48. The molecule has 4 aliphatic carbocycles. The third kappa shape index (κ3) is 1.60. The normalized spacial score (nSPS) is 46.9. The highest BCUT2D eigenvalue weighted by Gasteiger charge is 2.60. The Morgan fingerprint density at radius 2 is 1.86 bits per heavy atom. The van der Waals surface area contributed by atoms with Crippen LogP contribution in [-0.4, -0.2) is 17.3 Å². The van der Waals surface area contributed by atoms with Gasteiger partial charge in [0.2, 0.25) is 0 Å². The first-order chi connectivity index (χ1) is 10.4. The average Bonchev–Trinajstić information content (AvgIpc) is 2.77. The lowest BCUT2D eigenvalue weighted by Gasteiger charge is -2.54. The van der Waals surface area contributed by atoms with Gasteiger partial charge in [0.25, 0.3) is 0 Å². The fraction of sp³-hybridized carbons (Fsp3) is 0.632. The number of fused-ring (bicyclic) bond motifs is 5. The summed E-state index contributed by atoms with van der Waals surface area (Å²) in [6, 6.07) is 0.